The molecule has 1 aliphatic heterocycles. The summed E-state index contributed by atoms with van der Waals surface area (Å²) < 4.78 is 4.19. The summed E-state index contributed by atoms with van der Waals surface area (Å²) in [6.07, 6.45) is -2.07. The average Bonchev–Trinajstić information content (AvgIpc) is 2.45. The fourth-order valence-corrected chi connectivity index (χ4v) is 1.04. The molecule has 10 heteroatoms. The number of carbonyl (C=O) groups excluding carboxylic acids is 1. The van der Waals surface area contributed by atoms with Crippen molar-refractivity contribution in [1.29, 1.82) is 0 Å². The molecule has 90 valence electrons. The average molecular weight is 237 g/mol. The Labute approximate surface area is 87.0 Å². The van der Waals surface area contributed by atoms with E-state index in [0.717, 1.165) is 0 Å². The van der Waals surface area contributed by atoms with E-state index in [1.807, 2.05) is 0 Å². The van der Waals surface area contributed by atoms with Crippen molar-refractivity contribution in [2.24, 2.45) is 0 Å². The quantitative estimate of drug-likeness (QED) is 0.190. The molecule has 1 aliphatic rings. The van der Waals surface area contributed by atoms with Gasteiger partial charge in [-0.1, -0.05) is 0 Å². The Morgan fingerprint density at radius 2 is 2.12 bits per heavy atom. The van der Waals surface area contributed by atoms with Gasteiger partial charge in [0.25, 0.3) is 10.9 Å². The number of hydrogen-bond acceptors (Lipinski definition) is 9. The van der Waals surface area contributed by atoms with Crippen LogP contribution in [0.15, 0.2) is 11.5 Å². The molecule has 0 aromatic carbocycles. The van der Waals surface area contributed by atoms with Gasteiger partial charge in [-0.05, 0) is 0 Å². The van der Waals surface area contributed by atoms with E-state index >= 15 is 0 Å². The summed E-state index contributed by atoms with van der Waals surface area (Å²) in [6, 6.07) is 0. The molecule has 0 aromatic heterocycles. The smallest absolute Gasteiger partial charge is 0.378 e. The molecule has 0 unspecified atom stereocenters. The fraction of sp³-hybridized carbons (Fsp3) is 0.500. The van der Waals surface area contributed by atoms with Gasteiger partial charge in [-0.3, -0.25) is 4.84 Å². The Morgan fingerprint density at radius 1 is 1.56 bits per heavy atom. The maximum Gasteiger partial charge on any atom is 0.378 e. The Bertz CT molecular complexity index is 363. The predicted octanol–water partition coefficient (Wildman–Crippen LogP) is -1.87. The van der Waals surface area contributed by atoms with Crippen molar-refractivity contribution < 1.29 is 39.9 Å². The van der Waals surface area contributed by atoms with Crippen molar-refractivity contribution in [2.45, 2.75) is 11.9 Å². The zero-order valence-electron chi connectivity index (χ0n) is 7.56. The molecule has 0 saturated heterocycles. The van der Waals surface area contributed by atoms with Crippen molar-refractivity contribution in [3.05, 3.63) is 21.6 Å². The van der Waals surface area contributed by atoms with Crippen LogP contribution in [-0.4, -0.2) is 50.0 Å². The Balaban J connectivity index is 3.00. The third-order valence-electron chi connectivity index (χ3n) is 1.78. The minimum Gasteiger partial charge on any atom is -0.505 e. The summed E-state index contributed by atoms with van der Waals surface area (Å²) in [5.74, 6) is -6.76. The molecule has 0 aliphatic carbocycles. The molecule has 16 heavy (non-hydrogen) atoms. The number of ether oxygens (including phenoxy) is 1. The van der Waals surface area contributed by atoms with Gasteiger partial charge >= 0.3 is 5.97 Å². The zero-order chi connectivity index (χ0) is 12.5. The second-order valence-electron chi connectivity index (χ2n) is 2.84. The van der Waals surface area contributed by atoms with Crippen LogP contribution in [0.5, 0.6) is 0 Å². The van der Waals surface area contributed by atoms with Crippen LogP contribution in [0, 0.1) is 10.1 Å². The number of hydrogen-bond donors (Lipinski definition) is 4. The summed E-state index contributed by atoms with van der Waals surface area (Å²) >= 11 is 0. The van der Waals surface area contributed by atoms with Gasteiger partial charge in [0.05, 0.1) is 0 Å². The Kier molecular flexibility index (Phi) is 2.87. The van der Waals surface area contributed by atoms with E-state index in [0.29, 0.717) is 0 Å². The van der Waals surface area contributed by atoms with Crippen LogP contribution in [0.25, 0.3) is 0 Å². The Hall–Kier alpha value is -2.07. The zero-order valence-corrected chi connectivity index (χ0v) is 7.56. The number of carbonyl (C=O) groups is 1. The van der Waals surface area contributed by atoms with E-state index in [9.17, 15) is 20.0 Å². The van der Waals surface area contributed by atoms with E-state index in [4.69, 9.17) is 15.3 Å². The lowest BCUT2D eigenvalue weighted by atomic mass is 10.1. The predicted molar refractivity (Wildman–Crippen MR) is 42.3 cm³/mol. The molecule has 2 atom stereocenters. The number of aliphatic hydroxyl groups excluding tert-OH is 3. The number of cyclic esters (lactones) is 1. The first kappa shape index (κ1) is 12.0. The van der Waals surface area contributed by atoms with E-state index in [2.05, 4.69) is 9.57 Å². The fourth-order valence-electron chi connectivity index (χ4n) is 1.04. The lowest BCUT2D eigenvalue weighted by Crippen LogP contribution is -2.50. The van der Waals surface area contributed by atoms with E-state index in [1.165, 1.54) is 0 Å². The summed E-state index contributed by atoms with van der Waals surface area (Å²) in [5.41, 5.74) is 0. The largest absolute Gasteiger partial charge is 0.505 e. The minimum atomic E-state index is -2.98. The van der Waals surface area contributed by atoms with Crippen molar-refractivity contribution in [3.8, 4) is 0 Å². The van der Waals surface area contributed by atoms with Crippen LogP contribution in [0.3, 0.4) is 0 Å². The van der Waals surface area contributed by atoms with Gasteiger partial charge in [0.15, 0.2) is 5.76 Å². The monoisotopic (exact) mass is 237 g/mol. The molecule has 0 radical (unpaired) electrons. The summed E-state index contributed by atoms with van der Waals surface area (Å²) in [6.45, 7) is -1.34. The van der Waals surface area contributed by atoms with Crippen molar-refractivity contribution >= 4 is 5.97 Å². The van der Waals surface area contributed by atoms with Gasteiger partial charge in [0.2, 0.25) is 11.9 Å². The van der Waals surface area contributed by atoms with Crippen molar-refractivity contribution in [2.75, 3.05) is 6.61 Å². The molecule has 4 N–H and O–H groups in total. The van der Waals surface area contributed by atoms with Crippen molar-refractivity contribution in [3.63, 3.8) is 0 Å². The molecule has 1 heterocycles. The normalized spacial score (nSPS) is 23.9. The molecule has 1 rings (SSSR count). The molecule has 0 spiro atoms. The first-order valence-electron chi connectivity index (χ1n) is 3.81. The van der Waals surface area contributed by atoms with Crippen LogP contribution < -0.4 is 0 Å². The molecular formula is C6H7NO9. The standard InChI is InChI=1S/C6H7NO9/c8-1-6(12,16-7(13)14)4-2(9)3(10)5(11)15-4/h4,8-10,12H,1H2/t4-,6+/m0/s1. The highest BCUT2D eigenvalue weighted by atomic mass is 17.0. The molecular weight excluding hydrogens is 230 g/mol. The van der Waals surface area contributed by atoms with Crippen LogP contribution in [0.2, 0.25) is 0 Å². The molecule has 10 nitrogen and oxygen atoms in total. The number of esters is 1. The number of aliphatic hydroxyl groups is 4. The van der Waals surface area contributed by atoms with Crippen LogP contribution in [-0.2, 0) is 14.4 Å². The summed E-state index contributed by atoms with van der Waals surface area (Å²) in [7, 11) is 0. The van der Waals surface area contributed by atoms with E-state index in [-0.39, 0.29) is 0 Å². The first-order chi connectivity index (χ1) is 7.31. The molecule has 0 amide bonds. The second kappa shape index (κ2) is 3.83. The van der Waals surface area contributed by atoms with Gasteiger partial charge in [0.1, 0.15) is 6.61 Å². The third-order valence-corrected chi connectivity index (χ3v) is 1.78. The molecule has 0 fully saturated rings. The molecule has 0 saturated carbocycles. The first-order valence-corrected chi connectivity index (χ1v) is 3.81. The topological polar surface area (TPSA) is 160 Å². The van der Waals surface area contributed by atoms with Gasteiger partial charge in [-0.15, -0.1) is 10.1 Å². The lowest BCUT2D eigenvalue weighted by molar-refractivity contribution is -0.799. The highest BCUT2D eigenvalue weighted by Gasteiger charge is 2.52. The lowest BCUT2D eigenvalue weighted by Gasteiger charge is -2.27. The maximum absolute atomic E-state index is 10.7. The minimum absolute atomic E-state index is 1.16. The van der Waals surface area contributed by atoms with Crippen LogP contribution >= 0.6 is 0 Å². The highest BCUT2D eigenvalue weighted by molar-refractivity contribution is 5.89. The van der Waals surface area contributed by atoms with Gasteiger partial charge < -0.3 is 25.2 Å². The number of rotatable bonds is 4. The van der Waals surface area contributed by atoms with Crippen molar-refractivity contribution in [1.82, 2.24) is 0 Å². The van der Waals surface area contributed by atoms with Gasteiger partial charge in [0, 0.05) is 0 Å². The third kappa shape index (κ3) is 1.83. The van der Waals surface area contributed by atoms with Crippen LogP contribution in [0.4, 0.5) is 0 Å². The maximum atomic E-state index is 10.7. The molecule has 0 bridgehead atoms. The SMILES string of the molecule is O=C1O[C@H]([C@@](O)(CO)O[N+](=O)[O-])C(O)=C1O. The summed E-state index contributed by atoms with van der Waals surface area (Å²) in [5, 5.41) is 44.6. The van der Waals surface area contributed by atoms with Gasteiger partial charge in [-0.25, -0.2) is 4.79 Å². The molecule has 0 aromatic rings. The van der Waals surface area contributed by atoms with E-state index in [1.54, 1.807) is 0 Å². The van der Waals surface area contributed by atoms with Gasteiger partial charge in [-0.2, -0.15) is 0 Å². The summed E-state index contributed by atoms with van der Waals surface area (Å²) in [4.78, 5) is 24.4. The Morgan fingerprint density at radius 3 is 2.44 bits per heavy atom. The number of nitrogens with zero attached hydrogens (tertiary/aromatic N) is 1. The highest BCUT2D eigenvalue weighted by Crippen LogP contribution is 2.28. The second-order valence-corrected chi connectivity index (χ2v) is 2.84. The van der Waals surface area contributed by atoms with Crippen LogP contribution in [0.1, 0.15) is 0 Å². The van der Waals surface area contributed by atoms with E-state index < -0.39 is 41.1 Å².